The first-order valence-electron chi connectivity index (χ1n) is 3.95. The third kappa shape index (κ3) is 4.99. The second kappa shape index (κ2) is 7.76. The molecule has 0 unspecified atom stereocenters. The highest BCUT2D eigenvalue weighted by Crippen LogP contribution is 2.08. The Balaban J connectivity index is 0.000000461. The van der Waals surface area contributed by atoms with Gasteiger partial charge in [0.05, 0.1) is 6.61 Å². The third-order valence-electron chi connectivity index (χ3n) is 1.13. The van der Waals surface area contributed by atoms with Gasteiger partial charge in [-0.2, -0.15) is 0 Å². The van der Waals surface area contributed by atoms with Gasteiger partial charge in [-0.15, -0.1) is 11.3 Å². The highest BCUT2D eigenvalue weighted by molar-refractivity contribution is 7.09. The molecule has 1 aromatic rings. The quantitative estimate of drug-likeness (QED) is 0.681. The number of ether oxygens (including phenoxy) is 1. The number of hydrogen-bond donors (Lipinski definition) is 0. The molecule has 0 aromatic carbocycles. The molecular formula is C9H16OS. The van der Waals surface area contributed by atoms with Crippen molar-refractivity contribution in [2.75, 3.05) is 13.7 Å². The van der Waals surface area contributed by atoms with Crippen LogP contribution in [-0.4, -0.2) is 13.7 Å². The van der Waals surface area contributed by atoms with E-state index in [9.17, 15) is 0 Å². The van der Waals surface area contributed by atoms with Gasteiger partial charge in [-0.05, 0) is 11.4 Å². The summed E-state index contributed by atoms with van der Waals surface area (Å²) < 4.78 is 4.92. The fourth-order valence-electron chi connectivity index (χ4n) is 0.657. The molecule has 64 valence electrons. The average molecular weight is 172 g/mol. The Kier molecular flexibility index (Phi) is 7.52. The molecule has 0 N–H and O–H groups in total. The Bertz CT molecular complexity index is 147. The van der Waals surface area contributed by atoms with Crippen LogP contribution in [0.3, 0.4) is 0 Å². The molecule has 0 atom stereocenters. The first-order chi connectivity index (χ1) is 5.43. The first kappa shape index (κ1) is 10.7. The van der Waals surface area contributed by atoms with E-state index in [1.54, 1.807) is 18.4 Å². The summed E-state index contributed by atoms with van der Waals surface area (Å²) in [7, 11) is 1.73. The molecule has 2 heteroatoms. The van der Waals surface area contributed by atoms with Crippen LogP contribution in [-0.2, 0) is 11.2 Å². The number of rotatable bonds is 3. The number of methoxy groups -OCH3 is 1. The molecule has 0 bridgehead atoms. The maximum Gasteiger partial charge on any atom is 0.0510 e. The molecule has 1 rings (SSSR count). The van der Waals surface area contributed by atoms with Crippen LogP contribution >= 0.6 is 11.3 Å². The largest absolute Gasteiger partial charge is 0.384 e. The smallest absolute Gasteiger partial charge is 0.0510 e. The summed E-state index contributed by atoms with van der Waals surface area (Å²) in [6.07, 6.45) is 1.05. The fraction of sp³-hybridized carbons (Fsp3) is 0.556. The van der Waals surface area contributed by atoms with Crippen molar-refractivity contribution in [2.45, 2.75) is 20.3 Å². The van der Waals surface area contributed by atoms with Gasteiger partial charge < -0.3 is 4.74 Å². The SMILES string of the molecule is CC.COCCc1cccs1. The van der Waals surface area contributed by atoms with Crippen LogP contribution in [0.1, 0.15) is 18.7 Å². The van der Waals surface area contributed by atoms with Gasteiger partial charge in [0.15, 0.2) is 0 Å². The Morgan fingerprint density at radius 3 is 2.64 bits per heavy atom. The molecule has 0 radical (unpaired) electrons. The summed E-state index contributed by atoms with van der Waals surface area (Å²) in [4.78, 5) is 1.40. The second-order valence-corrected chi connectivity index (χ2v) is 2.85. The van der Waals surface area contributed by atoms with E-state index >= 15 is 0 Å². The van der Waals surface area contributed by atoms with Crippen LogP contribution in [0.5, 0.6) is 0 Å². The number of thiophene rings is 1. The van der Waals surface area contributed by atoms with Crippen LogP contribution in [0.25, 0.3) is 0 Å². The second-order valence-electron chi connectivity index (χ2n) is 1.82. The van der Waals surface area contributed by atoms with Crippen molar-refractivity contribution in [3.05, 3.63) is 22.4 Å². The molecule has 1 heterocycles. The maximum atomic E-state index is 4.92. The van der Waals surface area contributed by atoms with Gasteiger partial charge in [0.2, 0.25) is 0 Å². The topological polar surface area (TPSA) is 9.23 Å². The lowest BCUT2D eigenvalue weighted by molar-refractivity contribution is 0.203. The van der Waals surface area contributed by atoms with Gasteiger partial charge in [0.1, 0.15) is 0 Å². The van der Waals surface area contributed by atoms with Crippen molar-refractivity contribution >= 4 is 11.3 Å². The zero-order valence-electron chi connectivity index (χ0n) is 7.46. The van der Waals surface area contributed by atoms with E-state index < -0.39 is 0 Å². The van der Waals surface area contributed by atoms with E-state index in [0.29, 0.717) is 0 Å². The summed E-state index contributed by atoms with van der Waals surface area (Å²) >= 11 is 1.78. The fourth-order valence-corrected chi connectivity index (χ4v) is 1.35. The van der Waals surface area contributed by atoms with Gasteiger partial charge in [-0.25, -0.2) is 0 Å². The van der Waals surface area contributed by atoms with Crippen LogP contribution in [0.2, 0.25) is 0 Å². The molecule has 0 aliphatic heterocycles. The molecule has 1 aromatic heterocycles. The lowest BCUT2D eigenvalue weighted by atomic mass is 10.4. The summed E-state index contributed by atoms with van der Waals surface area (Å²) in [5.41, 5.74) is 0. The molecule has 0 spiro atoms. The minimum absolute atomic E-state index is 0.834. The Hall–Kier alpha value is -0.340. The van der Waals surface area contributed by atoms with E-state index in [1.807, 2.05) is 13.8 Å². The van der Waals surface area contributed by atoms with E-state index in [1.165, 1.54) is 4.88 Å². The van der Waals surface area contributed by atoms with Gasteiger partial charge in [-0.3, -0.25) is 0 Å². The Labute approximate surface area is 73.0 Å². The molecular weight excluding hydrogens is 156 g/mol. The highest BCUT2D eigenvalue weighted by atomic mass is 32.1. The maximum absolute atomic E-state index is 4.92. The van der Waals surface area contributed by atoms with Crippen LogP contribution in [0, 0.1) is 0 Å². The van der Waals surface area contributed by atoms with Gasteiger partial charge >= 0.3 is 0 Å². The van der Waals surface area contributed by atoms with Crippen molar-refractivity contribution in [2.24, 2.45) is 0 Å². The van der Waals surface area contributed by atoms with E-state index in [4.69, 9.17) is 4.74 Å². The van der Waals surface area contributed by atoms with Crippen molar-refractivity contribution < 1.29 is 4.74 Å². The summed E-state index contributed by atoms with van der Waals surface area (Å²) in [5, 5.41) is 2.09. The summed E-state index contributed by atoms with van der Waals surface area (Å²) in [6.45, 7) is 4.83. The van der Waals surface area contributed by atoms with Crippen molar-refractivity contribution in [3.8, 4) is 0 Å². The lowest BCUT2D eigenvalue weighted by Crippen LogP contribution is -1.90. The van der Waals surface area contributed by atoms with E-state index in [-0.39, 0.29) is 0 Å². The molecule has 0 aliphatic rings. The lowest BCUT2D eigenvalue weighted by Gasteiger charge is -1.92. The zero-order valence-corrected chi connectivity index (χ0v) is 8.28. The molecule has 0 fully saturated rings. The zero-order chi connectivity index (χ0) is 8.53. The predicted octanol–water partition coefficient (Wildman–Crippen LogP) is 2.96. The minimum atomic E-state index is 0.834. The first-order valence-corrected chi connectivity index (χ1v) is 4.83. The van der Waals surface area contributed by atoms with Gasteiger partial charge in [-0.1, -0.05) is 19.9 Å². The van der Waals surface area contributed by atoms with E-state index in [2.05, 4.69) is 17.5 Å². The molecule has 1 nitrogen and oxygen atoms in total. The molecule has 0 aliphatic carbocycles. The van der Waals surface area contributed by atoms with Crippen molar-refractivity contribution in [3.63, 3.8) is 0 Å². The van der Waals surface area contributed by atoms with Crippen molar-refractivity contribution in [1.82, 2.24) is 0 Å². The number of hydrogen-bond acceptors (Lipinski definition) is 2. The van der Waals surface area contributed by atoms with Gasteiger partial charge in [0, 0.05) is 18.4 Å². The van der Waals surface area contributed by atoms with Gasteiger partial charge in [0.25, 0.3) is 0 Å². The third-order valence-corrected chi connectivity index (χ3v) is 2.07. The van der Waals surface area contributed by atoms with Crippen LogP contribution in [0.4, 0.5) is 0 Å². The monoisotopic (exact) mass is 172 g/mol. The van der Waals surface area contributed by atoms with Crippen LogP contribution < -0.4 is 0 Å². The summed E-state index contributed by atoms with van der Waals surface area (Å²) in [6, 6.07) is 4.19. The average Bonchev–Trinajstić information content (AvgIpc) is 2.57. The van der Waals surface area contributed by atoms with Crippen molar-refractivity contribution in [1.29, 1.82) is 0 Å². The standard InChI is InChI=1S/C7H10OS.C2H6/c1-8-5-4-7-3-2-6-9-7;1-2/h2-3,6H,4-5H2,1H3;1-2H3. The molecule has 0 saturated carbocycles. The molecule has 0 amide bonds. The Morgan fingerprint density at radius 1 is 1.45 bits per heavy atom. The van der Waals surface area contributed by atoms with Crippen LogP contribution in [0.15, 0.2) is 17.5 Å². The molecule has 0 saturated heterocycles. The molecule has 11 heavy (non-hydrogen) atoms. The predicted molar refractivity (Wildman–Crippen MR) is 51.2 cm³/mol. The highest BCUT2D eigenvalue weighted by Gasteiger charge is 1.89. The summed E-state index contributed by atoms with van der Waals surface area (Å²) in [5.74, 6) is 0. The van der Waals surface area contributed by atoms with E-state index in [0.717, 1.165) is 13.0 Å². The normalized spacial score (nSPS) is 8.64. The Morgan fingerprint density at radius 2 is 2.18 bits per heavy atom. The minimum Gasteiger partial charge on any atom is -0.384 e.